The number of hydrogen-bond donors (Lipinski definition) is 0. The molecule has 0 spiro atoms. The molecule has 0 atom stereocenters. The Hall–Kier alpha value is -2.16. The zero-order valence-electron chi connectivity index (χ0n) is 14.2. The lowest BCUT2D eigenvalue weighted by atomic mass is 10.2. The Balaban J connectivity index is 1.52. The fourth-order valence-corrected chi connectivity index (χ4v) is 4.61. The Labute approximate surface area is 173 Å². The first-order valence-corrected chi connectivity index (χ1v) is 10.8. The van der Waals surface area contributed by atoms with Gasteiger partial charge < -0.3 is 4.42 Å². The smallest absolute Gasteiger partial charge is 0.200 e. The summed E-state index contributed by atoms with van der Waals surface area (Å²) in [5, 5.41) is 12.6. The number of nitrogens with zero attached hydrogens (tertiary/aromatic N) is 4. The molecule has 0 saturated heterocycles. The molecular weight excluding hydrogens is 444 g/mol. The zero-order chi connectivity index (χ0) is 18.6. The summed E-state index contributed by atoms with van der Waals surface area (Å²) in [4.78, 5) is 4.73. The number of allylic oxidation sites excluding steroid dienone is 1. The number of rotatable bonds is 7. The van der Waals surface area contributed by atoms with E-state index in [2.05, 4.69) is 50.2 Å². The van der Waals surface area contributed by atoms with E-state index in [4.69, 9.17) is 9.40 Å². The van der Waals surface area contributed by atoms with Gasteiger partial charge in [-0.15, -0.1) is 28.1 Å². The van der Waals surface area contributed by atoms with E-state index < -0.39 is 0 Å². The minimum Gasteiger partial charge on any atom is -0.446 e. The van der Waals surface area contributed by atoms with Crippen molar-refractivity contribution in [3.05, 3.63) is 70.9 Å². The third-order valence-corrected chi connectivity index (χ3v) is 6.11. The van der Waals surface area contributed by atoms with Crippen LogP contribution in [0, 0.1) is 0 Å². The molecule has 3 aromatic heterocycles. The number of benzene rings is 1. The van der Waals surface area contributed by atoms with Crippen molar-refractivity contribution in [3.63, 3.8) is 0 Å². The molecule has 0 N–H and O–H groups in total. The summed E-state index contributed by atoms with van der Waals surface area (Å²) >= 11 is 6.58. The van der Waals surface area contributed by atoms with Crippen molar-refractivity contribution < 1.29 is 4.42 Å². The molecule has 0 fully saturated rings. The first kappa shape index (κ1) is 18.2. The third kappa shape index (κ3) is 4.07. The van der Waals surface area contributed by atoms with E-state index in [0.29, 0.717) is 22.8 Å². The van der Waals surface area contributed by atoms with Crippen LogP contribution < -0.4 is 0 Å². The van der Waals surface area contributed by atoms with Crippen LogP contribution >= 0.6 is 39.0 Å². The van der Waals surface area contributed by atoms with E-state index in [1.54, 1.807) is 23.1 Å². The van der Waals surface area contributed by atoms with Gasteiger partial charge in [0.1, 0.15) is 5.01 Å². The van der Waals surface area contributed by atoms with Crippen molar-refractivity contribution >= 4 is 39.0 Å². The Morgan fingerprint density at radius 3 is 2.78 bits per heavy atom. The van der Waals surface area contributed by atoms with Crippen LogP contribution in [0.1, 0.15) is 5.69 Å². The topological polar surface area (TPSA) is 56.7 Å². The first-order valence-electron chi connectivity index (χ1n) is 8.17. The van der Waals surface area contributed by atoms with Gasteiger partial charge in [-0.05, 0) is 28.1 Å². The molecule has 8 heteroatoms. The van der Waals surface area contributed by atoms with E-state index in [-0.39, 0.29) is 0 Å². The predicted molar refractivity (Wildman–Crippen MR) is 113 cm³/mol. The molecule has 136 valence electrons. The lowest BCUT2D eigenvalue weighted by molar-refractivity contribution is 0.545. The molecular formula is C19H15BrN4OS2. The van der Waals surface area contributed by atoms with Crippen LogP contribution in [-0.2, 0) is 12.3 Å². The summed E-state index contributed by atoms with van der Waals surface area (Å²) in [7, 11) is 0. The zero-order valence-corrected chi connectivity index (χ0v) is 17.4. The number of halogens is 1. The molecule has 4 rings (SSSR count). The summed E-state index contributed by atoms with van der Waals surface area (Å²) in [6.45, 7) is 4.44. The predicted octanol–water partition coefficient (Wildman–Crippen LogP) is 5.90. The first-order chi connectivity index (χ1) is 13.2. The molecule has 0 radical (unpaired) electrons. The Morgan fingerprint density at radius 2 is 2.04 bits per heavy atom. The molecule has 0 bridgehead atoms. The minimum atomic E-state index is 0.606. The van der Waals surface area contributed by atoms with Gasteiger partial charge in [0, 0.05) is 23.2 Å². The van der Waals surface area contributed by atoms with Gasteiger partial charge in [-0.3, -0.25) is 4.57 Å². The largest absolute Gasteiger partial charge is 0.446 e. The average molecular weight is 459 g/mol. The van der Waals surface area contributed by atoms with Crippen molar-refractivity contribution in [3.8, 4) is 22.2 Å². The monoisotopic (exact) mass is 458 g/mol. The second-order valence-corrected chi connectivity index (χ2v) is 8.19. The van der Waals surface area contributed by atoms with Crippen molar-refractivity contribution in [2.45, 2.75) is 17.5 Å². The van der Waals surface area contributed by atoms with E-state index >= 15 is 0 Å². The highest BCUT2D eigenvalue weighted by molar-refractivity contribution is 9.10. The van der Waals surface area contributed by atoms with Gasteiger partial charge in [0.15, 0.2) is 15.6 Å². The van der Waals surface area contributed by atoms with Crippen LogP contribution in [0.25, 0.3) is 22.2 Å². The molecule has 0 aliphatic carbocycles. The molecule has 3 heterocycles. The van der Waals surface area contributed by atoms with E-state index in [1.165, 1.54) is 0 Å². The van der Waals surface area contributed by atoms with Crippen LogP contribution in [-0.4, -0.2) is 19.7 Å². The quantitative estimate of drug-likeness (QED) is 0.254. The molecule has 4 aromatic rings. The second-order valence-electron chi connectivity index (χ2n) is 5.61. The molecule has 5 nitrogen and oxygen atoms in total. The van der Waals surface area contributed by atoms with Gasteiger partial charge in [0.25, 0.3) is 0 Å². The summed E-state index contributed by atoms with van der Waals surface area (Å²) in [6, 6.07) is 13.9. The standard InChI is InChI=1S/C19H15BrN4OS2/c1-2-10-24-17(15-8-9-16(20)25-15)22-23-19(24)27-12-14-11-26-18(21-14)13-6-4-3-5-7-13/h2-9,11H,1,10,12H2. The lowest BCUT2D eigenvalue weighted by Gasteiger charge is -2.05. The van der Waals surface area contributed by atoms with Crippen LogP contribution in [0.15, 0.2) is 74.7 Å². The Morgan fingerprint density at radius 1 is 1.19 bits per heavy atom. The van der Waals surface area contributed by atoms with Gasteiger partial charge in [0.05, 0.1) is 5.69 Å². The number of thiazole rings is 1. The van der Waals surface area contributed by atoms with Crippen LogP contribution in [0.4, 0.5) is 0 Å². The lowest BCUT2D eigenvalue weighted by Crippen LogP contribution is -2.00. The average Bonchev–Trinajstić information content (AvgIpc) is 3.41. The van der Waals surface area contributed by atoms with Gasteiger partial charge in [0.2, 0.25) is 5.82 Å². The number of aromatic nitrogens is 4. The highest BCUT2D eigenvalue weighted by atomic mass is 79.9. The normalized spacial score (nSPS) is 11.0. The summed E-state index contributed by atoms with van der Waals surface area (Å²) in [6.07, 6.45) is 1.82. The van der Waals surface area contributed by atoms with Gasteiger partial charge >= 0.3 is 0 Å². The number of furan rings is 1. The molecule has 0 aliphatic heterocycles. The SMILES string of the molecule is C=CCn1c(SCc2csc(-c3ccccc3)n2)nnc1-c1ccc(Br)o1. The van der Waals surface area contributed by atoms with Crippen LogP contribution in [0.2, 0.25) is 0 Å². The van der Waals surface area contributed by atoms with Crippen molar-refractivity contribution in [1.29, 1.82) is 0 Å². The number of hydrogen-bond acceptors (Lipinski definition) is 6. The molecule has 1 aromatic carbocycles. The molecule has 27 heavy (non-hydrogen) atoms. The van der Waals surface area contributed by atoms with Crippen molar-refractivity contribution in [1.82, 2.24) is 19.7 Å². The van der Waals surface area contributed by atoms with Gasteiger partial charge in [-0.1, -0.05) is 48.2 Å². The van der Waals surface area contributed by atoms with E-state index in [1.807, 2.05) is 41.0 Å². The van der Waals surface area contributed by atoms with E-state index in [0.717, 1.165) is 27.2 Å². The summed E-state index contributed by atoms with van der Waals surface area (Å²) in [5.74, 6) is 2.08. The molecule has 0 unspecified atom stereocenters. The molecule has 0 amide bonds. The fraction of sp³-hybridized carbons (Fsp3) is 0.105. The number of thioether (sulfide) groups is 1. The fourth-order valence-electron chi connectivity index (χ4n) is 2.53. The van der Waals surface area contributed by atoms with Gasteiger partial charge in [-0.25, -0.2) is 4.98 Å². The maximum absolute atomic E-state index is 5.62. The minimum absolute atomic E-state index is 0.606. The van der Waals surface area contributed by atoms with Crippen LogP contribution in [0.5, 0.6) is 0 Å². The van der Waals surface area contributed by atoms with Crippen molar-refractivity contribution in [2.75, 3.05) is 0 Å². The Kier molecular flexibility index (Phi) is 5.56. The maximum atomic E-state index is 5.62. The van der Waals surface area contributed by atoms with Crippen molar-refractivity contribution in [2.24, 2.45) is 0 Å². The highest BCUT2D eigenvalue weighted by Gasteiger charge is 2.17. The van der Waals surface area contributed by atoms with Crippen LogP contribution in [0.3, 0.4) is 0 Å². The van der Waals surface area contributed by atoms with Gasteiger partial charge in [-0.2, -0.15) is 0 Å². The Bertz CT molecular complexity index is 1050. The second kappa shape index (κ2) is 8.24. The molecule has 0 saturated carbocycles. The molecule has 0 aliphatic rings. The summed E-state index contributed by atoms with van der Waals surface area (Å²) in [5.41, 5.74) is 2.17. The summed E-state index contributed by atoms with van der Waals surface area (Å²) < 4.78 is 8.28. The maximum Gasteiger partial charge on any atom is 0.200 e. The van der Waals surface area contributed by atoms with E-state index in [9.17, 15) is 0 Å². The third-order valence-electron chi connectivity index (χ3n) is 3.74. The highest BCUT2D eigenvalue weighted by Crippen LogP contribution is 2.30.